The van der Waals surface area contributed by atoms with Crippen molar-refractivity contribution in [1.29, 1.82) is 0 Å². The van der Waals surface area contributed by atoms with Crippen LogP contribution in [0.2, 0.25) is 0 Å². The fourth-order valence-electron chi connectivity index (χ4n) is 6.69. The number of aliphatic hydroxyl groups excluding tert-OH is 2. The topological polar surface area (TPSA) is 166 Å². The molecule has 3 amide bonds. The van der Waals surface area contributed by atoms with Crippen LogP contribution in [0.4, 0.5) is 4.79 Å². The third kappa shape index (κ3) is 11.9. The van der Waals surface area contributed by atoms with Gasteiger partial charge in [0.15, 0.2) is 0 Å². The van der Waals surface area contributed by atoms with Crippen LogP contribution < -0.4 is 16.0 Å². The highest BCUT2D eigenvalue weighted by atomic mass is 16.6. The van der Waals surface area contributed by atoms with E-state index in [0.29, 0.717) is 24.5 Å². The van der Waals surface area contributed by atoms with Gasteiger partial charge in [-0.25, -0.2) is 9.78 Å². The van der Waals surface area contributed by atoms with E-state index in [0.717, 1.165) is 42.0 Å². The van der Waals surface area contributed by atoms with Gasteiger partial charge in [-0.15, -0.1) is 0 Å². The van der Waals surface area contributed by atoms with Crippen LogP contribution in [0.3, 0.4) is 0 Å². The lowest BCUT2D eigenvalue weighted by Gasteiger charge is -2.34. The molecule has 5 atom stereocenters. The Morgan fingerprint density at radius 3 is 2.27 bits per heavy atom. The number of hydrogen-bond acceptors (Lipinski definition) is 7. The molecule has 0 unspecified atom stereocenters. The molecule has 1 fully saturated rings. The van der Waals surface area contributed by atoms with Gasteiger partial charge in [0, 0.05) is 24.7 Å². The highest BCUT2D eigenvalue weighted by Crippen LogP contribution is 2.29. The molecule has 1 heterocycles. The molecule has 6 N–H and O–H groups in total. The molecule has 0 bridgehead atoms. The quantitative estimate of drug-likeness (QED) is 0.132. The Morgan fingerprint density at radius 2 is 1.59 bits per heavy atom. The van der Waals surface area contributed by atoms with Gasteiger partial charge >= 0.3 is 6.09 Å². The molecule has 268 valence electrons. The predicted molar refractivity (Wildman–Crippen MR) is 190 cm³/mol. The summed E-state index contributed by atoms with van der Waals surface area (Å²) in [4.78, 5) is 48.3. The van der Waals surface area contributed by atoms with Gasteiger partial charge in [0.25, 0.3) is 0 Å². The molecule has 1 saturated carbocycles. The van der Waals surface area contributed by atoms with Gasteiger partial charge in [-0.3, -0.25) is 9.59 Å². The number of carbonyl (C=O) groups excluding carboxylic acids is 3. The first kappa shape index (κ1) is 37.9. The maximum Gasteiger partial charge on any atom is 0.408 e. The summed E-state index contributed by atoms with van der Waals surface area (Å²) >= 11 is 0. The molecule has 0 aliphatic heterocycles. The summed E-state index contributed by atoms with van der Waals surface area (Å²) in [6.07, 6.45) is 6.64. The fourth-order valence-corrected chi connectivity index (χ4v) is 6.69. The number of hydrogen-bond donors (Lipinski definition) is 6. The van der Waals surface area contributed by atoms with E-state index in [1.165, 1.54) is 12.7 Å². The number of aromatic nitrogens is 2. The van der Waals surface area contributed by atoms with Gasteiger partial charge in [0.2, 0.25) is 11.8 Å². The number of ether oxygens (including phenoxy) is 1. The minimum absolute atomic E-state index is 0.0891. The first-order valence-corrected chi connectivity index (χ1v) is 17.7. The van der Waals surface area contributed by atoms with Crippen LogP contribution in [0.25, 0.3) is 10.8 Å². The monoisotopic (exact) mass is 677 g/mol. The zero-order chi connectivity index (χ0) is 35.6. The number of nitrogens with zero attached hydrogens (tertiary/aromatic N) is 1. The van der Waals surface area contributed by atoms with Crippen LogP contribution in [0.1, 0.15) is 90.8 Å². The van der Waals surface area contributed by atoms with E-state index in [2.05, 4.69) is 25.9 Å². The Labute approximate surface area is 290 Å². The lowest BCUT2D eigenvalue weighted by Crippen LogP contribution is -2.58. The molecule has 11 heteroatoms. The van der Waals surface area contributed by atoms with E-state index in [9.17, 15) is 24.6 Å². The molecule has 4 rings (SSSR count). The van der Waals surface area contributed by atoms with Crippen LogP contribution >= 0.6 is 0 Å². The van der Waals surface area contributed by atoms with Crippen LogP contribution in [0.5, 0.6) is 0 Å². The van der Waals surface area contributed by atoms with Gasteiger partial charge in [0.05, 0.1) is 18.5 Å². The molecule has 1 aromatic heterocycles. The highest BCUT2D eigenvalue weighted by molar-refractivity contribution is 5.93. The largest absolute Gasteiger partial charge is 0.444 e. The summed E-state index contributed by atoms with van der Waals surface area (Å²) in [6, 6.07) is 10.7. The third-order valence-electron chi connectivity index (χ3n) is 9.08. The van der Waals surface area contributed by atoms with Crippen LogP contribution in [-0.2, 0) is 27.2 Å². The van der Waals surface area contributed by atoms with E-state index >= 15 is 0 Å². The number of fused-ring (bicyclic) bond motifs is 1. The first-order valence-electron chi connectivity index (χ1n) is 17.7. The number of alkyl carbamates (subject to hydrolysis) is 1. The van der Waals surface area contributed by atoms with Crippen molar-refractivity contribution in [1.82, 2.24) is 25.9 Å². The number of aromatic amines is 1. The van der Waals surface area contributed by atoms with Gasteiger partial charge in [0.1, 0.15) is 23.8 Å². The molecule has 0 spiro atoms. The van der Waals surface area contributed by atoms with E-state index in [-0.39, 0.29) is 18.8 Å². The molecule has 1 aliphatic carbocycles. The average molecular weight is 678 g/mol. The molecular weight excluding hydrogens is 622 g/mol. The number of rotatable bonds is 15. The summed E-state index contributed by atoms with van der Waals surface area (Å²) in [5.74, 6) is -0.605. The first-order chi connectivity index (χ1) is 23.3. The minimum atomic E-state index is -1.18. The van der Waals surface area contributed by atoms with Crippen LogP contribution in [0.15, 0.2) is 55.0 Å². The van der Waals surface area contributed by atoms with Gasteiger partial charge in [-0.05, 0) is 61.8 Å². The molecule has 1 aliphatic rings. The Kier molecular flexibility index (Phi) is 13.6. The zero-order valence-electron chi connectivity index (χ0n) is 29.6. The second kappa shape index (κ2) is 17.6. The number of amides is 3. The van der Waals surface area contributed by atoms with E-state index in [1.807, 2.05) is 56.3 Å². The van der Waals surface area contributed by atoms with Crippen molar-refractivity contribution in [3.05, 3.63) is 66.2 Å². The summed E-state index contributed by atoms with van der Waals surface area (Å²) in [7, 11) is 0. The Balaban J connectivity index is 1.60. The molecule has 0 radical (unpaired) electrons. The van der Waals surface area contributed by atoms with Crippen molar-refractivity contribution in [2.75, 3.05) is 0 Å². The molecule has 49 heavy (non-hydrogen) atoms. The SMILES string of the molecule is CC(C)C[C@H](O)[C@H](O)[C@H](CC1CCCCC1)NC(=O)[C@H](Cc1cnc[nH]1)NC(=O)[C@H](Cc1cccc2ccccc12)NC(=O)OC(C)(C)C. The summed E-state index contributed by atoms with van der Waals surface area (Å²) in [6.45, 7) is 9.18. The van der Waals surface area contributed by atoms with Crippen molar-refractivity contribution in [3.8, 4) is 0 Å². The van der Waals surface area contributed by atoms with Crippen LogP contribution in [0, 0.1) is 11.8 Å². The van der Waals surface area contributed by atoms with Crippen LogP contribution in [-0.4, -0.2) is 74.0 Å². The van der Waals surface area contributed by atoms with Crippen molar-refractivity contribution >= 4 is 28.7 Å². The number of aliphatic hydroxyl groups is 2. The lowest BCUT2D eigenvalue weighted by molar-refractivity contribution is -0.131. The molecule has 2 aromatic carbocycles. The summed E-state index contributed by atoms with van der Waals surface area (Å²) < 4.78 is 5.51. The average Bonchev–Trinajstić information content (AvgIpc) is 3.56. The van der Waals surface area contributed by atoms with Gasteiger partial charge in [-0.2, -0.15) is 0 Å². The number of H-pyrrole nitrogens is 1. The van der Waals surface area contributed by atoms with E-state index < -0.39 is 53.8 Å². The molecular formula is C38H55N5O6. The maximum atomic E-state index is 14.1. The van der Waals surface area contributed by atoms with E-state index in [4.69, 9.17) is 4.74 Å². The molecule has 3 aromatic rings. The van der Waals surface area contributed by atoms with Crippen molar-refractivity contribution < 1.29 is 29.3 Å². The molecule has 0 saturated heterocycles. The van der Waals surface area contributed by atoms with Gasteiger partial charge < -0.3 is 35.9 Å². The third-order valence-corrected chi connectivity index (χ3v) is 9.08. The normalized spacial score (nSPS) is 17.1. The Bertz CT molecular complexity index is 1490. The lowest BCUT2D eigenvalue weighted by atomic mass is 9.82. The Hall–Kier alpha value is -3.96. The smallest absolute Gasteiger partial charge is 0.408 e. The maximum absolute atomic E-state index is 14.1. The Morgan fingerprint density at radius 1 is 0.918 bits per heavy atom. The van der Waals surface area contributed by atoms with Crippen molar-refractivity contribution in [3.63, 3.8) is 0 Å². The second-order valence-corrected chi connectivity index (χ2v) is 14.9. The summed E-state index contributed by atoms with van der Waals surface area (Å²) in [5.41, 5.74) is 0.677. The fraction of sp³-hybridized carbons (Fsp3) is 0.579. The number of nitrogens with one attached hydrogen (secondary N) is 4. The number of imidazole rings is 1. The summed E-state index contributed by atoms with van der Waals surface area (Å²) in [5, 5.41) is 32.8. The zero-order valence-corrected chi connectivity index (χ0v) is 29.6. The second-order valence-electron chi connectivity index (χ2n) is 14.9. The predicted octanol–water partition coefficient (Wildman–Crippen LogP) is 4.95. The minimum Gasteiger partial charge on any atom is -0.444 e. The standard InChI is InChI=1S/C38H55N5O6/c1-24(2)18-33(44)34(45)30(19-25-12-7-6-8-13-25)41-36(47)32(21-28-22-39-23-40-28)42-35(46)31(43-37(48)49-38(3,4)5)20-27-16-11-15-26-14-9-10-17-29(26)27/h9-11,14-17,22-25,30-34,44-45H,6-8,12-13,18-21H2,1-5H3,(H,39,40)(H,41,47)(H,42,46)(H,43,48)/t30-,31-,32-,33-,34+/m0/s1. The van der Waals surface area contributed by atoms with Crippen molar-refractivity contribution in [2.45, 2.75) is 128 Å². The van der Waals surface area contributed by atoms with Gasteiger partial charge in [-0.1, -0.05) is 88.4 Å². The molecule has 11 nitrogen and oxygen atoms in total. The highest BCUT2D eigenvalue weighted by Gasteiger charge is 2.35. The van der Waals surface area contributed by atoms with E-state index in [1.54, 1.807) is 27.0 Å². The van der Waals surface area contributed by atoms with Crippen molar-refractivity contribution in [2.24, 2.45) is 11.8 Å². The number of carbonyl (C=O) groups is 3. The number of benzene rings is 2.